The van der Waals surface area contributed by atoms with Crippen LogP contribution in [0.3, 0.4) is 0 Å². The van der Waals surface area contributed by atoms with Crippen LogP contribution in [0, 0.1) is 17.2 Å². The predicted octanol–water partition coefficient (Wildman–Crippen LogP) is 3.79. The van der Waals surface area contributed by atoms with Gasteiger partial charge in [-0.15, -0.1) is 0 Å². The second-order valence-corrected chi connectivity index (χ2v) is 6.31. The number of nitrogens with one attached hydrogen (secondary N) is 1. The van der Waals surface area contributed by atoms with E-state index in [1.54, 1.807) is 25.1 Å². The van der Waals surface area contributed by atoms with Gasteiger partial charge in [-0.1, -0.05) is 42.5 Å². The van der Waals surface area contributed by atoms with Crippen LogP contribution in [0.2, 0.25) is 0 Å². The number of nitrogens with zero attached hydrogens (tertiary/aromatic N) is 1. The van der Waals surface area contributed by atoms with Crippen molar-refractivity contribution >= 4 is 17.4 Å². The smallest absolute Gasteiger partial charge is 0.317 e. The summed E-state index contributed by atoms with van der Waals surface area (Å²) >= 11 is 0. The van der Waals surface area contributed by atoms with Gasteiger partial charge < -0.3 is 10.1 Å². The number of rotatable bonds is 5. The average Bonchev–Trinajstić information content (AvgIpc) is 2.68. The topological polar surface area (TPSA) is 79.2 Å². The molecule has 0 radical (unpaired) electrons. The highest BCUT2D eigenvalue weighted by Gasteiger charge is 2.39. The molecule has 136 valence electrons. The Bertz CT molecular complexity index is 913. The van der Waals surface area contributed by atoms with Crippen LogP contribution in [-0.2, 0) is 14.3 Å². The molecular formula is C22H20N2O3. The molecule has 0 unspecified atom stereocenters. The Hall–Kier alpha value is -3.39. The second kappa shape index (κ2) is 8.33. The second-order valence-electron chi connectivity index (χ2n) is 6.31. The molecule has 0 spiro atoms. The van der Waals surface area contributed by atoms with Gasteiger partial charge in [0, 0.05) is 17.7 Å². The summed E-state index contributed by atoms with van der Waals surface area (Å²) in [5, 5.41) is 12.5. The third-order valence-electron chi connectivity index (χ3n) is 4.58. The summed E-state index contributed by atoms with van der Waals surface area (Å²) in [6.07, 6.45) is 1.92. The highest BCUT2D eigenvalue weighted by atomic mass is 16.5. The van der Waals surface area contributed by atoms with Crippen molar-refractivity contribution in [3.63, 3.8) is 0 Å². The van der Waals surface area contributed by atoms with Gasteiger partial charge in [0.1, 0.15) is 12.0 Å². The number of esters is 1. The number of anilines is 1. The number of ketones is 1. The van der Waals surface area contributed by atoms with Gasteiger partial charge in [-0.25, -0.2) is 0 Å². The molecule has 1 aliphatic rings. The first-order valence-electron chi connectivity index (χ1n) is 8.86. The number of para-hydroxylation sites is 1. The minimum atomic E-state index is -0.857. The fraction of sp³-hybridized carbons (Fsp3) is 0.227. The molecule has 2 aromatic carbocycles. The Balaban J connectivity index is 1.94. The van der Waals surface area contributed by atoms with E-state index in [0.717, 1.165) is 5.56 Å². The van der Waals surface area contributed by atoms with Crippen LogP contribution in [0.25, 0.3) is 0 Å². The van der Waals surface area contributed by atoms with Crippen LogP contribution in [0.4, 0.5) is 5.69 Å². The summed E-state index contributed by atoms with van der Waals surface area (Å²) in [6.45, 7) is 1.96. The van der Waals surface area contributed by atoms with Crippen molar-refractivity contribution in [2.24, 2.45) is 5.92 Å². The maximum atomic E-state index is 12.8. The van der Waals surface area contributed by atoms with Crippen molar-refractivity contribution in [3.8, 4) is 6.07 Å². The molecule has 5 heteroatoms. The molecule has 5 nitrogen and oxygen atoms in total. The normalized spacial score (nSPS) is 19.0. The molecule has 2 atom stereocenters. The maximum absolute atomic E-state index is 12.8. The summed E-state index contributed by atoms with van der Waals surface area (Å²) < 4.78 is 5.14. The van der Waals surface area contributed by atoms with Crippen molar-refractivity contribution in [1.82, 2.24) is 0 Å². The van der Waals surface area contributed by atoms with E-state index in [4.69, 9.17) is 4.74 Å². The number of carbonyl (C=O) groups excluding carboxylic acids is 2. The van der Waals surface area contributed by atoms with Crippen LogP contribution in [-0.4, -0.2) is 18.4 Å². The number of hydrogen-bond acceptors (Lipinski definition) is 5. The molecular weight excluding hydrogens is 340 g/mol. The first-order valence-corrected chi connectivity index (χ1v) is 8.86. The zero-order valence-electron chi connectivity index (χ0n) is 15.0. The number of carbonyl (C=O) groups is 2. The van der Waals surface area contributed by atoms with Crippen LogP contribution in [0.5, 0.6) is 0 Å². The number of nitriles is 1. The van der Waals surface area contributed by atoms with E-state index in [-0.39, 0.29) is 18.3 Å². The monoisotopic (exact) mass is 360 g/mol. The largest absolute Gasteiger partial charge is 0.465 e. The van der Waals surface area contributed by atoms with Gasteiger partial charge >= 0.3 is 5.97 Å². The minimum Gasteiger partial charge on any atom is -0.465 e. The molecule has 3 rings (SSSR count). The lowest BCUT2D eigenvalue weighted by Crippen LogP contribution is -2.35. The molecule has 1 N–H and O–H groups in total. The van der Waals surface area contributed by atoms with E-state index in [9.17, 15) is 14.9 Å². The Kier molecular flexibility index (Phi) is 5.68. The van der Waals surface area contributed by atoms with Gasteiger partial charge in [-0.05, 0) is 31.0 Å². The number of ether oxygens (including phenoxy) is 1. The molecule has 0 amide bonds. The van der Waals surface area contributed by atoms with E-state index in [0.29, 0.717) is 23.4 Å². The maximum Gasteiger partial charge on any atom is 0.317 e. The quantitative estimate of drug-likeness (QED) is 0.648. The SMILES string of the molecule is CCOC(=O)[C@@H]1C(=O)C=C(Nc2ccccc2C#N)C[C@@H]1c1ccccc1. The minimum absolute atomic E-state index is 0.231. The molecule has 0 aromatic heterocycles. The van der Waals surface area contributed by atoms with Crippen LogP contribution >= 0.6 is 0 Å². The summed E-state index contributed by atoms with van der Waals surface area (Å²) in [5.74, 6) is -1.96. The third kappa shape index (κ3) is 4.06. The number of benzene rings is 2. The number of allylic oxidation sites excluding steroid dienone is 2. The van der Waals surface area contributed by atoms with E-state index in [1.165, 1.54) is 6.08 Å². The lowest BCUT2D eigenvalue weighted by molar-refractivity contribution is -0.151. The Morgan fingerprint density at radius 2 is 1.89 bits per heavy atom. The van der Waals surface area contributed by atoms with E-state index >= 15 is 0 Å². The highest BCUT2D eigenvalue weighted by molar-refractivity contribution is 6.07. The van der Waals surface area contributed by atoms with E-state index in [2.05, 4.69) is 11.4 Å². The van der Waals surface area contributed by atoms with Crippen molar-refractivity contribution in [3.05, 3.63) is 77.5 Å². The molecule has 0 bridgehead atoms. The van der Waals surface area contributed by atoms with Crippen molar-refractivity contribution in [1.29, 1.82) is 5.26 Å². The van der Waals surface area contributed by atoms with E-state index < -0.39 is 11.9 Å². The van der Waals surface area contributed by atoms with Crippen molar-refractivity contribution in [2.75, 3.05) is 11.9 Å². The third-order valence-corrected chi connectivity index (χ3v) is 4.58. The van der Waals surface area contributed by atoms with Crippen LogP contribution in [0.1, 0.15) is 30.4 Å². The van der Waals surface area contributed by atoms with Crippen molar-refractivity contribution in [2.45, 2.75) is 19.3 Å². The lowest BCUT2D eigenvalue weighted by atomic mass is 9.76. The lowest BCUT2D eigenvalue weighted by Gasteiger charge is -2.29. The Labute approximate surface area is 158 Å². The summed E-state index contributed by atoms with van der Waals surface area (Å²) in [6, 6.07) is 18.7. The zero-order chi connectivity index (χ0) is 19.2. The van der Waals surface area contributed by atoms with Gasteiger partial charge in [0.2, 0.25) is 0 Å². The summed E-state index contributed by atoms with van der Waals surface area (Å²) in [5.41, 5.74) is 2.72. The molecule has 0 fully saturated rings. The fourth-order valence-electron chi connectivity index (χ4n) is 3.35. The Morgan fingerprint density at radius 3 is 2.59 bits per heavy atom. The Morgan fingerprint density at radius 1 is 1.19 bits per heavy atom. The first kappa shape index (κ1) is 18.4. The predicted molar refractivity (Wildman–Crippen MR) is 102 cm³/mol. The standard InChI is InChI=1S/C22H20N2O3/c1-2-27-22(26)21-18(15-8-4-3-5-9-15)12-17(13-20(21)25)24-19-11-7-6-10-16(19)14-23/h3-11,13,18,21,24H,2,12H2,1H3/t18-,21+/m1/s1. The molecule has 1 aliphatic carbocycles. The molecule has 0 heterocycles. The van der Waals surface area contributed by atoms with Gasteiger partial charge in [0.25, 0.3) is 0 Å². The summed E-state index contributed by atoms with van der Waals surface area (Å²) in [7, 11) is 0. The van der Waals surface area contributed by atoms with Crippen LogP contribution < -0.4 is 5.32 Å². The summed E-state index contributed by atoms with van der Waals surface area (Å²) in [4.78, 5) is 25.2. The average molecular weight is 360 g/mol. The van der Waals surface area contributed by atoms with Gasteiger partial charge in [0.05, 0.1) is 17.9 Å². The fourth-order valence-corrected chi connectivity index (χ4v) is 3.35. The van der Waals surface area contributed by atoms with Crippen LogP contribution in [0.15, 0.2) is 66.4 Å². The zero-order valence-corrected chi connectivity index (χ0v) is 15.0. The van der Waals surface area contributed by atoms with Crippen molar-refractivity contribution < 1.29 is 14.3 Å². The van der Waals surface area contributed by atoms with E-state index in [1.807, 2.05) is 36.4 Å². The molecule has 27 heavy (non-hydrogen) atoms. The van der Waals surface area contributed by atoms with Gasteiger partial charge in [-0.3, -0.25) is 9.59 Å². The highest BCUT2D eigenvalue weighted by Crippen LogP contribution is 2.37. The molecule has 0 saturated carbocycles. The molecule has 0 aliphatic heterocycles. The molecule has 2 aromatic rings. The first-order chi connectivity index (χ1) is 13.1. The van der Waals surface area contributed by atoms with Gasteiger partial charge in [-0.2, -0.15) is 5.26 Å². The van der Waals surface area contributed by atoms with Gasteiger partial charge in [0.15, 0.2) is 5.78 Å². The molecule has 0 saturated heterocycles. The number of hydrogen-bond donors (Lipinski definition) is 1.